The third-order valence-electron chi connectivity index (χ3n) is 9.63. The molecular formula is C32H30F7N7O2S. The van der Waals surface area contributed by atoms with Crippen LogP contribution < -0.4 is 15.4 Å². The summed E-state index contributed by atoms with van der Waals surface area (Å²) in [5, 5.41) is -0.424. The van der Waals surface area contributed by atoms with Gasteiger partial charge in [-0.2, -0.15) is 23.1 Å². The molecule has 0 aliphatic carbocycles. The first kappa shape index (κ1) is 33.3. The van der Waals surface area contributed by atoms with Crippen LogP contribution in [0, 0.1) is 11.6 Å². The van der Waals surface area contributed by atoms with Gasteiger partial charge in [-0.3, -0.25) is 9.69 Å². The number of benzene rings is 2. The Morgan fingerprint density at radius 3 is 2.63 bits per heavy atom. The third-order valence-corrected chi connectivity index (χ3v) is 10.5. The minimum atomic E-state index is -5.10. The molecule has 0 unspecified atom stereocenters. The van der Waals surface area contributed by atoms with Crippen LogP contribution in [0.4, 0.5) is 41.7 Å². The average molecular weight is 710 g/mol. The number of hydrogen-bond acceptors (Lipinski definition) is 9. The SMILES string of the molecule is C=C(F)C(=O)N1CCN(c2nc(OC[C@@]34CCCN3C[C@H](F)C4)nc3c(F)c(-c4ccc(F)c5sc(N)nc45)c(C(F)(F)F)cc23)C[C@H]1C. The maximum atomic E-state index is 16.9. The van der Waals surface area contributed by atoms with Crippen molar-refractivity contribution in [3.8, 4) is 17.1 Å². The zero-order valence-electron chi connectivity index (χ0n) is 26.1. The summed E-state index contributed by atoms with van der Waals surface area (Å²) in [7, 11) is 0. The molecule has 2 N–H and O–H groups in total. The van der Waals surface area contributed by atoms with Crippen molar-refractivity contribution in [3.63, 3.8) is 0 Å². The van der Waals surface area contributed by atoms with Crippen molar-refractivity contribution < 1.29 is 40.3 Å². The van der Waals surface area contributed by atoms with E-state index < -0.39 is 63.9 Å². The zero-order valence-corrected chi connectivity index (χ0v) is 26.9. The molecule has 1 amide bonds. The highest BCUT2D eigenvalue weighted by molar-refractivity contribution is 7.22. The van der Waals surface area contributed by atoms with Crippen LogP contribution in [0.1, 0.15) is 31.7 Å². The lowest BCUT2D eigenvalue weighted by molar-refractivity contribution is -0.137. The molecule has 260 valence electrons. The summed E-state index contributed by atoms with van der Waals surface area (Å²) in [6.45, 7) is 5.51. The number of rotatable bonds is 6. The minimum Gasteiger partial charge on any atom is -0.461 e. The van der Waals surface area contributed by atoms with Crippen molar-refractivity contribution in [2.24, 2.45) is 0 Å². The highest BCUT2D eigenvalue weighted by Crippen LogP contribution is 2.46. The van der Waals surface area contributed by atoms with Crippen LogP contribution in [0.5, 0.6) is 6.01 Å². The first-order valence-corrected chi connectivity index (χ1v) is 16.4. The van der Waals surface area contributed by atoms with E-state index in [4.69, 9.17) is 10.5 Å². The van der Waals surface area contributed by atoms with Gasteiger partial charge in [-0.05, 0) is 44.5 Å². The monoisotopic (exact) mass is 709 g/mol. The normalized spacial score (nSPS) is 23.1. The van der Waals surface area contributed by atoms with Crippen LogP contribution in [0.25, 0.3) is 32.2 Å². The Morgan fingerprint density at radius 2 is 1.92 bits per heavy atom. The van der Waals surface area contributed by atoms with Crippen molar-refractivity contribution in [1.29, 1.82) is 0 Å². The molecule has 0 bridgehead atoms. The number of piperazine rings is 1. The number of thiazole rings is 1. The van der Waals surface area contributed by atoms with E-state index in [1.54, 1.807) is 11.8 Å². The van der Waals surface area contributed by atoms with Gasteiger partial charge in [-0.25, -0.2) is 22.5 Å². The fourth-order valence-corrected chi connectivity index (χ4v) is 8.20. The maximum absolute atomic E-state index is 16.9. The van der Waals surface area contributed by atoms with Crippen LogP contribution in [-0.2, 0) is 11.0 Å². The van der Waals surface area contributed by atoms with Gasteiger partial charge in [0.1, 0.15) is 29.9 Å². The van der Waals surface area contributed by atoms with E-state index in [-0.39, 0.29) is 77.3 Å². The molecule has 3 aliphatic rings. The number of carbonyl (C=O) groups is 1. The Labute approximate surface area is 279 Å². The Hall–Kier alpha value is -4.25. The molecule has 9 nitrogen and oxygen atoms in total. The van der Waals surface area contributed by atoms with Crippen LogP contribution in [0.15, 0.2) is 30.6 Å². The summed E-state index contributed by atoms with van der Waals surface area (Å²) in [6.07, 6.45) is -4.49. The van der Waals surface area contributed by atoms with E-state index >= 15 is 4.39 Å². The van der Waals surface area contributed by atoms with E-state index in [0.717, 1.165) is 24.6 Å². The Balaban J connectivity index is 1.40. The average Bonchev–Trinajstić information content (AvgIpc) is 3.71. The van der Waals surface area contributed by atoms with Crippen molar-refractivity contribution in [2.75, 3.05) is 50.0 Å². The number of fused-ring (bicyclic) bond motifs is 3. The van der Waals surface area contributed by atoms with E-state index in [9.17, 15) is 31.1 Å². The van der Waals surface area contributed by atoms with Gasteiger partial charge in [0.05, 0.1) is 21.3 Å². The van der Waals surface area contributed by atoms with Gasteiger partial charge < -0.3 is 20.3 Å². The molecule has 49 heavy (non-hydrogen) atoms. The number of nitrogens with two attached hydrogens (primary N) is 1. The molecule has 0 spiro atoms. The van der Waals surface area contributed by atoms with Crippen molar-refractivity contribution >= 4 is 49.3 Å². The van der Waals surface area contributed by atoms with E-state index in [0.29, 0.717) is 24.3 Å². The van der Waals surface area contributed by atoms with Crippen LogP contribution in [0.2, 0.25) is 0 Å². The number of halogens is 7. The number of amides is 1. The molecule has 2 aromatic heterocycles. The summed E-state index contributed by atoms with van der Waals surface area (Å²) < 4.78 is 110. The van der Waals surface area contributed by atoms with Gasteiger partial charge in [-0.1, -0.05) is 17.9 Å². The first-order valence-electron chi connectivity index (χ1n) is 15.6. The number of anilines is 2. The lowest BCUT2D eigenvalue weighted by Crippen LogP contribution is -2.54. The largest absolute Gasteiger partial charge is 0.461 e. The van der Waals surface area contributed by atoms with Gasteiger partial charge >= 0.3 is 12.2 Å². The molecule has 0 radical (unpaired) electrons. The number of alkyl halides is 4. The molecule has 3 aliphatic heterocycles. The predicted molar refractivity (Wildman–Crippen MR) is 170 cm³/mol. The second-order valence-electron chi connectivity index (χ2n) is 12.7. The van der Waals surface area contributed by atoms with Gasteiger partial charge in [0.25, 0.3) is 5.91 Å². The topological polar surface area (TPSA) is 101 Å². The summed E-state index contributed by atoms with van der Waals surface area (Å²) in [6, 6.07) is 1.67. The molecule has 17 heteroatoms. The molecule has 7 rings (SSSR count). The lowest BCUT2D eigenvalue weighted by Gasteiger charge is -2.40. The minimum absolute atomic E-state index is 0.00241. The highest BCUT2D eigenvalue weighted by Gasteiger charge is 2.49. The molecule has 4 aromatic rings. The van der Waals surface area contributed by atoms with Gasteiger partial charge in [0.2, 0.25) is 0 Å². The predicted octanol–water partition coefficient (Wildman–Crippen LogP) is 6.26. The summed E-state index contributed by atoms with van der Waals surface area (Å²) >= 11 is 0.712. The summed E-state index contributed by atoms with van der Waals surface area (Å²) in [4.78, 5) is 29.9. The van der Waals surface area contributed by atoms with Crippen molar-refractivity contribution in [3.05, 3.63) is 47.8 Å². The molecule has 3 fully saturated rings. The second-order valence-corrected chi connectivity index (χ2v) is 13.8. The van der Waals surface area contributed by atoms with Gasteiger partial charge in [0, 0.05) is 55.2 Å². The van der Waals surface area contributed by atoms with Crippen molar-refractivity contribution in [2.45, 2.75) is 50.1 Å². The number of aromatic nitrogens is 3. The molecule has 0 saturated carbocycles. The van der Waals surface area contributed by atoms with Gasteiger partial charge in [0.15, 0.2) is 16.8 Å². The Bertz CT molecular complexity index is 2010. The quantitative estimate of drug-likeness (QED) is 0.185. The molecule has 5 heterocycles. The summed E-state index contributed by atoms with van der Waals surface area (Å²) in [5.41, 5.74) is 1.74. The number of nitrogens with zero attached hydrogens (tertiary/aromatic N) is 6. The maximum Gasteiger partial charge on any atom is 0.417 e. The molecular weight excluding hydrogens is 679 g/mol. The smallest absolute Gasteiger partial charge is 0.417 e. The Kier molecular flexibility index (Phi) is 8.12. The number of hydrogen-bond donors (Lipinski definition) is 1. The number of carbonyl (C=O) groups excluding carboxylic acids is 1. The summed E-state index contributed by atoms with van der Waals surface area (Å²) in [5.74, 6) is -4.35. The standard InChI is InChI=1S/C32H30F7N7O2S/c1-15-12-44(8-9-46(15)28(47)16(2)33)27-19-10-20(32(37,38)39)22(18-4-5-21(35)26-25(18)41-29(40)49-26)23(36)24(19)42-30(43-27)48-14-31-6-3-7-45(31)13-17(34)11-31/h4-5,10,15,17H,2-3,6-9,11-14H2,1H3,(H2,40,41)/t15-,17-,31+/m1/s1. The fourth-order valence-electron chi connectivity index (χ4n) is 7.43. The highest BCUT2D eigenvalue weighted by atomic mass is 32.1. The molecule has 2 aromatic carbocycles. The number of nitrogen functional groups attached to an aromatic ring is 1. The van der Waals surface area contributed by atoms with Gasteiger partial charge in [-0.15, -0.1) is 0 Å². The fraction of sp³-hybridized carbons (Fsp3) is 0.438. The second kappa shape index (κ2) is 12.0. The molecule has 3 saturated heterocycles. The van der Waals surface area contributed by atoms with E-state index in [2.05, 4.69) is 21.5 Å². The van der Waals surface area contributed by atoms with Crippen molar-refractivity contribution in [1.82, 2.24) is 24.8 Å². The lowest BCUT2D eigenvalue weighted by atomic mass is 9.94. The molecule has 3 atom stereocenters. The Morgan fingerprint density at radius 1 is 1.14 bits per heavy atom. The van der Waals surface area contributed by atoms with E-state index in [1.807, 2.05) is 4.90 Å². The number of ether oxygens (including phenoxy) is 1. The van der Waals surface area contributed by atoms with Crippen LogP contribution in [-0.4, -0.2) is 87.7 Å². The first-order chi connectivity index (χ1) is 23.2. The third kappa shape index (κ3) is 5.69. The van der Waals surface area contributed by atoms with E-state index in [1.165, 1.54) is 4.90 Å². The van der Waals surface area contributed by atoms with Crippen LogP contribution >= 0.6 is 11.3 Å². The van der Waals surface area contributed by atoms with Crippen LogP contribution in [0.3, 0.4) is 0 Å². The zero-order chi connectivity index (χ0) is 35.0.